The van der Waals surface area contributed by atoms with E-state index in [1.54, 1.807) is 13.8 Å². The molecule has 12 heavy (non-hydrogen) atoms. The van der Waals surface area contributed by atoms with E-state index >= 15 is 0 Å². The highest BCUT2D eigenvalue weighted by Crippen LogP contribution is 2.15. The van der Waals surface area contributed by atoms with Gasteiger partial charge in [0.05, 0.1) is 6.54 Å². The highest BCUT2D eigenvalue weighted by molar-refractivity contribution is 4.83. The van der Waals surface area contributed by atoms with Gasteiger partial charge in [-0.2, -0.15) is 13.2 Å². The molecule has 0 aliphatic heterocycles. The second-order valence-electron chi connectivity index (χ2n) is 3.09. The van der Waals surface area contributed by atoms with Crippen molar-refractivity contribution >= 4 is 0 Å². The molecule has 0 radical (unpaired) electrons. The molecule has 0 bridgehead atoms. The van der Waals surface area contributed by atoms with Crippen LogP contribution in [0.4, 0.5) is 13.2 Å². The Bertz CT molecular complexity index is 129. The van der Waals surface area contributed by atoms with Crippen LogP contribution in [0.1, 0.15) is 20.3 Å². The fourth-order valence-electron chi connectivity index (χ4n) is 0.655. The summed E-state index contributed by atoms with van der Waals surface area (Å²) in [4.78, 5) is 0. The van der Waals surface area contributed by atoms with Gasteiger partial charge in [0.2, 0.25) is 0 Å². The summed E-state index contributed by atoms with van der Waals surface area (Å²) in [5.74, 6) is 0. The number of alkyl halides is 3. The van der Waals surface area contributed by atoms with Crippen LogP contribution in [0.15, 0.2) is 0 Å². The van der Waals surface area contributed by atoms with Crippen molar-refractivity contribution in [1.82, 2.24) is 5.32 Å². The van der Waals surface area contributed by atoms with Crippen molar-refractivity contribution in [2.75, 3.05) is 13.1 Å². The van der Waals surface area contributed by atoms with Crippen LogP contribution in [0.2, 0.25) is 0 Å². The molecule has 1 atom stereocenters. The predicted molar refractivity (Wildman–Crippen MR) is 41.8 cm³/mol. The van der Waals surface area contributed by atoms with Gasteiger partial charge in [0.25, 0.3) is 0 Å². The molecule has 0 spiro atoms. The van der Waals surface area contributed by atoms with Gasteiger partial charge in [-0.15, -0.1) is 0 Å². The van der Waals surface area contributed by atoms with Crippen molar-refractivity contribution in [2.45, 2.75) is 32.0 Å². The summed E-state index contributed by atoms with van der Waals surface area (Å²) in [7, 11) is 0. The summed E-state index contributed by atoms with van der Waals surface area (Å²) in [6, 6.07) is 0. The highest BCUT2D eigenvalue weighted by Gasteiger charge is 2.31. The molecule has 74 valence electrons. The van der Waals surface area contributed by atoms with Crippen LogP contribution in [-0.4, -0.2) is 24.8 Å². The Morgan fingerprint density at radius 1 is 1.33 bits per heavy atom. The zero-order valence-electron chi connectivity index (χ0n) is 7.33. The first-order valence-electron chi connectivity index (χ1n) is 3.85. The molecule has 0 aromatic carbocycles. The molecule has 0 saturated carbocycles. The normalized spacial score (nSPS) is 17.5. The van der Waals surface area contributed by atoms with E-state index in [9.17, 15) is 13.2 Å². The van der Waals surface area contributed by atoms with Crippen LogP contribution in [0, 0.1) is 0 Å². The molecular formula is C7H15F3N2. The van der Waals surface area contributed by atoms with Gasteiger partial charge in [-0.3, -0.25) is 0 Å². The molecule has 0 aliphatic carbocycles. The molecule has 1 unspecified atom stereocenters. The summed E-state index contributed by atoms with van der Waals surface area (Å²) in [5, 5.41) is 2.39. The van der Waals surface area contributed by atoms with E-state index in [-0.39, 0.29) is 6.54 Å². The third-order valence-corrected chi connectivity index (χ3v) is 1.95. The van der Waals surface area contributed by atoms with Gasteiger partial charge in [0.1, 0.15) is 0 Å². The molecule has 0 aliphatic rings. The van der Waals surface area contributed by atoms with Gasteiger partial charge in [0, 0.05) is 12.1 Å². The van der Waals surface area contributed by atoms with Crippen LogP contribution in [0.5, 0.6) is 0 Å². The topological polar surface area (TPSA) is 38.0 Å². The van der Waals surface area contributed by atoms with Crippen molar-refractivity contribution in [1.29, 1.82) is 0 Å². The van der Waals surface area contributed by atoms with Crippen molar-refractivity contribution in [3.63, 3.8) is 0 Å². The summed E-state index contributed by atoms with van der Waals surface area (Å²) in [6.07, 6.45) is -3.58. The van der Waals surface area contributed by atoms with Crippen LogP contribution in [0.3, 0.4) is 0 Å². The minimum Gasteiger partial charge on any atom is -0.329 e. The summed E-state index contributed by atoms with van der Waals surface area (Å²) < 4.78 is 35.3. The van der Waals surface area contributed by atoms with E-state index in [4.69, 9.17) is 5.73 Å². The molecule has 0 fully saturated rings. The number of hydrogen-bond acceptors (Lipinski definition) is 2. The van der Waals surface area contributed by atoms with Crippen molar-refractivity contribution < 1.29 is 13.2 Å². The Balaban J connectivity index is 3.89. The molecule has 0 heterocycles. The van der Waals surface area contributed by atoms with Gasteiger partial charge < -0.3 is 11.1 Å². The van der Waals surface area contributed by atoms with Crippen LogP contribution in [-0.2, 0) is 0 Å². The summed E-state index contributed by atoms with van der Waals surface area (Å²) >= 11 is 0. The lowest BCUT2D eigenvalue weighted by Gasteiger charge is -2.28. The van der Waals surface area contributed by atoms with Crippen molar-refractivity contribution in [3.8, 4) is 0 Å². The Morgan fingerprint density at radius 2 is 1.83 bits per heavy atom. The van der Waals surface area contributed by atoms with Gasteiger partial charge in [-0.05, 0) is 13.3 Å². The van der Waals surface area contributed by atoms with E-state index < -0.39 is 18.3 Å². The molecule has 0 aromatic rings. The lowest BCUT2D eigenvalue weighted by molar-refractivity contribution is -0.128. The first kappa shape index (κ1) is 11.7. The highest BCUT2D eigenvalue weighted by atomic mass is 19.4. The van der Waals surface area contributed by atoms with Crippen LogP contribution in [0.25, 0.3) is 0 Å². The standard InChI is InChI=1S/C7H15F3N2/c1-3-6(2,4-11)12-5-7(8,9)10/h12H,3-5,11H2,1-2H3. The molecular weight excluding hydrogens is 169 g/mol. The fourth-order valence-corrected chi connectivity index (χ4v) is 0.655. The minimum atomic E-state index is -4.16. The zero-order chi connectivity index (χ0) is 9.83. The first-order chi connectivity index (χ1) is 5.33. The number of hydrogen-bond donors (Lipinski definition) is 2. The largest absolute Gasteiger partial charge is 0.401 e. The van der Waals surface area contributed by atoms with Gasteiger partial charge in [-0.1, -0.05) is 6.92 Å². The summed E-state index contributed by atoms with van der Waals surface area (Å²) in [6.45, 7) is 2.71. The second kappa shape index (κ2) is 4.09. The molecule has 0 aromatic heterocycles. The minimum absolute atomic E-state index is 0.208. The van der Waals surface area contributed by atoms with Crippen molar-refractivity contribution in [3.05, 3.63) is 0 Å². The average molecular weight is 184 g/mol. The molecule has 0 rings (SSSR count). The van der Waals surface area contributed by atoms with E-state index in [1.807, 2.05) is 0 Å². The summed E-state index contributed by atoms with van der Waals surface area (Å²) in [5.41, 5.74) is 4.72. The first-order valence-corrected chi connectivity index (χ1v) is 3.85. The van der Waals surface area contributed by atoms with Crippen LogP contribution < -0.4 is 11.1 Å². The number of nitrogens with two attached hydrogens (primary N) is 1. The molecule has 0 amide bonds. The smallest absolute Gasteiger partial charge is 0.329 e. The maximum absolute atomic E-state index is 11.8. The predicted octanol–water partition coefficient (Wildman–Crippen LogP) is 1.27. The molecule has 2 nitrogen and oxygen atoms in total. The lowest BCUT2D eigenvalue weighted by Crippen LogP contribution is -2.51. The molecule has 3 N–H and O–H groups in total. The van der Waals surface area contributed by atoms with Gasteiger partial charge >= 0.3 is 6.18 Å². The van der Waals surface area contributed by atoms with E-state index in [0.717, 1.165) is 0 Å². The molecule has 5 heteroatoms. The van der Waals surface area contributed by atoms with E-state index in [0.29, 0.717) is 6.42 Å². The monoisotopic (exact) mass is 184 g/mol. The van der Waals surface area contributed by atoms with Gasteiger partial charge in [-0.25, -0.2) is 0 Å². The lowest BCUT2D eigenvalue weighted by atomic mass is 9.99. The average Bonchev–Trinajstić information content (AvgIpc) is 1.99. The van der Waals surface area contributed by atoms with Gasteiger partial charge in [0.15, 0.2) is 0 Å². The number of nitrogens with one attached hydrogen (secondary N) is 1. The van der Waals surface area contributed by atoms with Crippen LogP contribution >= 0.6 is 0 Å². The Hall–Kier alpha value is -0.290. The zero-order valence-corrected chi connectivity index (χ0v) is 7.33. The van der Waals surface area contributed by atoms with E-state index in [1.165, 1.54) is 0 Å². The fraction of sp³-hybridized carbons (Fsp3) is 1.00. The second-order valence-corrected chi connectivity index (χ2v) is 3.09. The van der Waals surface area contributed by atoms with E-state index in [2.05, 4.69) is 5.32 Å². The quantitative estimate of drug-likeness (QED) is 0.690. The Kier molecular flexibility index (Phi) is 3.99. The third-order valence-electron chi connectivity index (χ3n) is 1.95. The SMILES string of the molecule is CCC(C)(CN)NCC(F)(F)F. The maximum Gasteiger partial charge on any atom is 0.401 e. The number of halogens is 3. The third kappa shape index (κ3) is 4.56. The Morgan fingerprint density at radius 3 is 2.08 bits per heavy atom. The van der Waals surface area contributed by atoms with Crippen molar-refractivity contribution in [2.24, 2.45) is 5.73 Å². The Labute approximate surface area is 70.3 Å². The molecule has 0 saturated heterocycles. The maximum atomic E-state index is 11.8. The number of rotatable bonds is 4.